The van der Waals surface area contributed by atoms with Crippen LogP contribution in [-0.4, -0.2) is 38.8 Å². The van der Waals surface area contributed by atoms with Crippen LogP contribution in [0.4, 0.5) is 13.2 Å². The summed E-state index contributed by atoms with van der Waals surface area (Å²) in [4.78, 5) is 12.4. The number of alkyl halides is 3. The number of nitrogens with one attached hydrogen (secondary N) is 2. The molecule has 1 aliphatic heterocycles. The second kappa shape index (κ2) is 10.1. The van der Waals surface area contributed by atoms with Gasteiger partial charge in [0.2, 0.25) is 0 Å². The minimum absolute atomic E-state index is 0.166. The Morgan fingerprint density at radius 1 is 1.24 bits per heavy atom. The molecule has 8 nitrogen and oxygen atoms in total. The number of hydrogen-bond donors (Lipinski definition) is 3. The first-order valence-corrected chi connectivity index (χ1v) is 11.9. The molecule has 0 saturated carbocycles. The molecule has 4 rings (SSSR count). The first kappa shape index (κ1) is 26.6. The van der Waals surface area contributed by atoms with E-state index in [-0.39, 0.29) is 13.2 Å². The highest BCUT2D eigenvalue weighted by molar-refractivity contribution is 5.89. The van der Waals surface area contributed by atoms with E-state index < -0.39 is 34.6 Å². The third-order valence-electron chi connectivity index (χ3n) is 7.32. The van der Waals surface area contributed by atoms with Crippen molar-refractivity contribution in [2.75, 3.05) is 13.2 Å². The molecule has 1 aliphatic rings. The Balaban J connectivity index is 1.63. The monoisotopic (exact) mass is 517 g/mol. The SMILES string of the molecule is C/C(=N\O)[C@]1(n2cn[nH]c2=O)CC[C@@](CO[C@H](C)c2cc(C)cc(C(F)(F)F)c2)(c2ccccc2)NC1. The van der Waals surface area contributed by atoms with Gasteiger partial charge >= 0.3 is 11.9 Å². The normalized spacial score (nSPS) is 23.7. The van der Waals surface area contributed by atoms with Gasteiger partial charge in [-0.15, -0.1) is 0 Å². The summed E-state index contributed by atoms with van der Waals surface area (Å²) < 4.78 is 47.8. The Morgan fingerprint density at radius 2 is 1.97 bits per heavy atom. The lowest BCUT2D eigenvalue weighted by atomic mass is 9.74. The number of oxime groups is 1. The number of hydrogen-bond acceptors (Lipinski definition) is 6. The van der Waals surface area contributed by atoms with Crippen molar-refractivity contribution in [1.82, 2.24) is 20.1 Å². The van der Waals surface area contributed by atoms with Gasteiger partial charge in [0.15, 0.2) is 0 Å². The molecule has 0 aliphatic carbocycles. The second-order valence-electron chi connectivity index (χ2n) is 9.63. The molecule has 0 bridgehead atoms. The molecule has 37 heavy (non-hydrogen) atoms. The van der Waals surface area contributed by atoms with Crippen LogP contribution in [0.2, 0.25) is 0 Å². The summed E-state index contributed by atoms with van der Waals surface area (Å²) in [5, 5.41) is 22.8. The summed E-state index contributed by atoms with van der Waals surface area (Å²) in [5.74, 6) is 0. The molecule has 0 amide bonds. The van der Waals surface area contributed by atoms with Crippen LogP contribution in [0.5, 0.6) is 0 Å². The van der Waals surface area contributed by atoms with Crippen LogP contribution < -0.4 is 11.0 Å². The fourth-order valence-electron chi connectivity index (χ4n) is 5.03. The summed E-state index contributed by atoms with van der Waals surface area (Å²) in [5.41, 5.74) is -0.563. The van der Waals surface area contributed by atoms with Crippen molar-refractivity contribution in [1.29, 1.82) is 0 Å². The van der Waals surface area contributed by atoms with Gasteiger partial charge in [0.25, 0.3) is 0 Å². The highest BCUT2D eigenvalue weighted by Crippen LogP contribution is 2.39. The highest BCUT2D eigenvalue weighted by Gasteiger charge is 2.47. The molecule has 198 valence electrons. The first-order chi connectivity index (χ1) is 17.5. The van der Waals surface area contributed by atoms with E-state index in [1.54, 1.807) is 26.8 Å². The minimum Gasteiger partial charge on any atom is -0.411 e. The molecule has 1 fully saturated rings. The molecule has 11 heteroatoms. The summed E-state index contributed by atoms with van der Waals surface area (Å²) in [6, 6.07) is 13.6. The Hall–Kier alpha value is -3.44. The maximum Gasteiger partial charge on any atom is 0.416 e. The van der Waals surface area contributed by atoms with Crippen LogP contribution in [-0.2, 0) is 22.0 Å². The van der Waals surface area contributed by atoms with E-state index in [1.165, 1.54) is 10.9 Å². The van der Waals surface area contributed by atoms with Crippen molar-refractivity contribution in [3.8, 4) is 0 Å². The predicted molar refractivity (Wildman–Crippen MR) is 132 cm³/mol. The van der Waals surface area contributed by atoms with Crippen molar-refractivity contribution in [2.45, 2.75) is 57.0 Å². The van der Waals surface area contributed by atoms with E-state index in [0.29, 0.717) is 29.7 Å². The van der Waals surface area contributed by atoms with E-state index in [0.717, 1.165) is 17.7 Å². The highest BCUT2D eigenvalue weighted by atomic mass is 19.4. The Morgan fingerprint density at radius 3 is 2.54 bits per heavy atom. The average molecular weight is 518 g/mol. The van der Waals surface area contributed by atoms with E-state index in [1.807, 2.05) is 30.3 Å². The second-order valence-corrected chi connectivity index (χ2v) is 9.63. The zero-order valence-corrected chi connectivity index (χ0v) is 20.8. The summed E-state index contributed by atoms with van der Waals surface area (Å²) in [6.07, 6.45) is -2.77. The Kier molecular flexibility index (Phi) is 7.29. The molecule has 3 aromatic rings. The summed E-state index contributed by atoms with van der Waals surface area (Å²) in [7, 11) is 0. The molecule has 1 saturated heterocycles. The maximum absolute atomic E-state index is 13.4. The van der Waals surface area contributed by atoms with Crippen LogP contribution in [0.15, 0.2) is 64.8 Å². The lowest BCUT2D eigenvalue weighted by molar-refractivity contribution is -0.137. The number of ether oxygens (including phenoxy) is 1. The smallest absolute Gasteiger partial charge is 0.411 e. The number of aryl methyl sites for hydroxylation is 1. The molecule has 0 unspecified atom stereocenters. The quantitative estimate of drug-likeness (QED) is 0.243. The van der Waals surface area contributed by atoms with E-state index in [4.69, 9.17) is 4.74 Å². The van der Waals surface area contributed by atoms with Gasteiger partial charge in [-0.05, 0) is 56.9 Å². The minimum atomic E-state index is -4.45. The molecule has 0 spiro atoms. The number of piperidine rings is 1. The number of aromatic amines is 1. The first-order valence-electron chi connectivity index (χ1n) is 11.9. The van der Waals surface area contributed by atoms with Gasteiger partial charge in [0.1, 0.15) is 11.9 Å². The number of benzene rings is 2. The molecular weight excluding hydrogens is 487 g/mol. The zero-order valence-electron chi connectivity index (χ0n) is 20.8. The molecule has 3 N–H and O–H groups in total. The largest absolute Gasteiger partial charge is 0.416 e. The van der Waals surface area contributed by atoms with Crippen molar-refractivity contribution in [3.63, 3.8) is 0 Å². The van der Waals surface area contributed by atoms with Gasteiger partial charge in [0.05, 0.1) is 29.5 Å². The van der Waals surface area contributed by atoms with E-state index in [9.17, 15) is 23.2 Å². The predicted octanol–water partition coefficient (Wildman–Crippen LogP) is 4.50. The van der Waals surface area contributed by atoms with Crippen LogP contribution in [0.25, 0.3) is 0 Å². The summed E-state index contributed by atoms with van der Waals surface area (Å²) in [6.45, 7) is 5.40. The lowest BCUT2D eigenvalue weighted by Crippen LogP contribution is -2.62. The fourth-order valence-corrected chi connectivity index (χ4v) is 5.03. The fraction of sp³-hybridized carbons (Fsp3) is 0.423. The van der Waals surface area contributed by atoms with Crippen molar-refractivity contribution in [2.24, 2.45) is 5.16 Å². The van der Waals surface area contributed by atoms with Gasteiger partial charge in [0, 0.05) is 6.54 Å². The van der Waals surface area contributed by atoms with Crippen LogP contribution in [0.1, 0.15) is 55.0 Å². The van der Waals surface area contributed by atoms with Gasteiger partial charge in [-0.3, -0.25) is 4.57 Å². The van der Waals surface area contributed by atoms with E-state index >= 15 is 0 Å². The van der Waals surface area contributed by atoms with Crippen molar-refractivity contribution >= 4 is 5.71 Å². The molecule has 1 aromatic heterocycles. The van der Waals surface area contributed by atoms with Gasteiger partial charge < -0.3 is 15.3 Å². The zero-order chi connectivity index (χ0) is 26.8. The van der Waals surface area contributed by atoms with Crippen LogP contribution in [0.3, 0.4) is 0 Å². The topological polar surface area (TPSA) is 105 Å². The number of H-pyrrole nitrogens is 1. The Labute approximate surface area is 212 Å². The van der Waals surface area contributed by atoms with Crippen molar-refractivity contribution in [3.05, 3.63) is 87.6 Å². The lowest BCUT2D eigenvalue weighted by Gasteiger charge is -2.47. The third kappa shape index (κ3) is 5.19. The average Bonchev–Trinajstić information content (AvgIpc) is 3.33. The summed E-state index contributed by atoms with van der Waals surface area (Å²) >= 11 is 0. The molecule has 3 atom stereocenters. The van der Waals surface area contributed by atoms with E-state index in [2.05, 4.69) is 20.7 Å². The Bertz CT molecular complexity index is 1310. The molecular formula is C26H30F3N5O3. The number of nitrogens with zero attached hydrogens (tertiary/aromatic N) is 3. The molecule has 2 aromatic carbocycles. The van der Waals surface area contributed by atoms with Gasteiger partial charge in [-0.25, -0.2) is 9.89 Å². The standard InChI is InChI=1S/C26H30F3N5O3/c1-17-11-20(13-22(12-17)26(27,28)29)18(2)37-15-24(21-7-5-4-6-8-21)9-10-25(14-30-24,19(3)33-36)34-16-31-32-23(34)35/h4-8,11-13,16,18,30,36H,9-10,14-15H2,1-3H3,(H,32,35)/b33-19+/t18-,24-,25+/m1/s1. The van der Waals surface area contributed by atoms with Crippen molar-refractivity contribution < 1.29 is 23.1 Å². The van der Waals surface area contributed by atoms with Gasteiger partial charge in [-0.2, -0.15) is 18.3 Å². The van der Waals surface area contributed by atoms with Crippen LogP contribution in [0, 0.1) is 6.92 Å². The molecule has 0 radical (unpaired) electrons. The van der Waals surface area contributed by atoms with Crippen LogP contribution >= 0.6 is 0 Å². The number of rotatable bonds is 7. The molecule has 2 heterocycles. The third-order valence-corrected chi connectivity index (χ3v) is 7.32. The number of aromatic nitrogens is 3. The van der Waals surface area contributed by atoms with Gasteiger partial charge in [-0.1, -0.05) is 47.1 Å². The number of halogens is 3. The maximum atomic E-state index is 13.4.